The maximum Gasteiger partial charge on any atom is 0.227 e. The highest BCUT2D eigenvalue weighted by Crippen LogP contribution is 2.40. The standard InChI is InChI=1S/C14H14ClFN4O/c1-7-12(20-17)18-13(8-2-3-8)19-14(7)21-11-5-4-9(16)6-10(11)15/h4-6,8H,2-3,17H2,1H3,(H,18,19,20). The average Bonchev–Trinajstić information content (AvgIpc) is 3.28. The average molecular weight is 309 g/mol. The smallest absolute Gasteiger partial charge is 0.227 e. The number of aromatic nitrogens is 2. The molecule has 0 radical (unpaired) electrons. The van der Waals surface area contributed by atoms with E-state index in [1.807, 2.05) is 0 Å². The Kier molecular flexibility index (Phi) is 3.65. The molecule has 21 heavy (non-hydrogen) atoms. The third kappa shape index (κ3) is 2.91. The molecule has 3 rings (SSSR count). The first-order chi connectivity index (χ1) is 10.1. The predicted molar refractivity (Wildman–Crippen MR) is 78.0 cm³/mol. The molecule has 0 atom stereocenters. The number of nitrogens with one attached hydrogen (secondary N) is 1. The van der Waals surface area contributed by atoms with Crippen LogP contribution in [0.25, 0.3) is 0 Å². The fourth-order valence-corrected chi connectivity index (χ4v) is 2.14. The summed E-state index contributed by atoms with van der Waals surface area (Å²) in [6.45, 7) is 1.79. The van der Waals surface area contributed by atoms with Crippen molar-refractivity contribution in [1.29, 1.82) is 0 Å². The molecule has 1 heterocycles. The number of hydrogen-bond acceptors (Lipinski definition) is 5. The molecule has 1 aromatic carbocycles. The van der Waals surface area contributed by atoms with Crippen LogP contribution in [-0.2, 0) is 0 Å². The van der Waals surface area contributed by atoms with Gasteiger partial charge in [0.05, 0.1) is 10.6 Å². The Bertz CT molecular complexity index is 691. The summed E-state index contributed by atoms with van der Waals surface area (Å²) in [4.78, 5) is 8.79. The minimum atomic E-state index is -0.422. The zero-order valence-electron chi connectivity index (χ0n) is 11.4. The van der Waals surface area contributed by atoms with Crippen molar-refractivity contribution >= 4 is 17.4 Å². The Labute approximate surface area is 126 Å². The van der Waals surface area contributed by atoms with Gasteiger partial charge in [-0.1, -0.05) is 11.6 Å². The molecule has 7 heteroatoms. The molecule has 0 bridgehead atoms. The molecule has 1 aliphatic carbocycles. The molecule has 110 valence electrons. The van der Waals surface area contributed by atoms with E-state index in [9.17, 15) is 4.39 Å². The van der Waals surface area contributed by atoms with E-state index in [2.05, 4.69) is 15.4 Å². The van der Waals surface area contributed by atoms with Crippen molar-refractivity contribution in [3.05, 3.63) is 40.4 Å². The normalized spacial score (nSPS) is 14.1. The van der Waals surface area contributed by atoms with Crippen molar-refractivity contribution in [1.82, 2.24) is 9.97 Å². The lowest BCUT2D eigenvalue weighted by atomic mass is 10.3. The van der Waals surface area contributed by atoms with Crippen LogP contribution in [-0.4, -0.2) is 9.97 Å². The minimum Gasteiger partial charge on any atom is -0.437 e. The zero-order valence-corrected chi connectivity index (χ0v) is 12.1. The maximum absolute atomic E-state index is 13.1. The van der Waals surface area contributed by atoms with Gasteiger partial charge in [-0.3, -0.25) is 0 Å². The Hall–Kier alpha value is -1.92. The molecule has 3 N–H and O–H groups in total. The molecule has 0 amide bonds. The summed E-state index contributed by atoms with van der Waals surface area (Å²) in [5.74, 6) is 7.33. The molecular weight excluding hydrogens is 295 g/mol. The summed E-state index contributed by atoms with van der Waals surface area (Å²) in [5.41, 5.74) is 3.21. The van der Waals surface area contributed by atoms with Gasteiger partial charge in [0.25, 0.3) is 0 Å². The van der Waals surface area contributed by atoms with Gasteiger partial charge in [0.2, 0.25) is 5.88 Å². The number of anilines is 1. The van der Waals surface area contributed by atoms with E-state index < -0.39 is 5.82 Å². The number of hydrogen-bond donors (Lipinski definition) is 2. The van der Waals surface area contributed by atoms with E-state index in [-0.39, 0.29) is 5.02 Å². The van der Waals surface area contributed by atoms with Crippen LogP contribution in [0.5, 0.6) is 11.6 Å². The number of halogens is 2. The number of hydrazine groups is 1. The Balaban J connectivity index is 1.98. The number of rotatable bonds is 4. The van der Waals surface area contributed by atoms with Crippen molar-refractivity contribution in [2.24, 2.45) is 5.84 Å². The second kappa shape index (κ2) is 5.46. The van der Waals surface area contributed by atoms with Crippen molar-refractivity contribution < 1.29 is 9.13 Å². The van der Waals surface area contributed by atoms with Crippen molar-refractivity contribution in [3.63, 3.8) is 0 Å². The molecule has 0 spiro atoms. The van der Waals surface area contributed by atoms with E-state index in [0.29, 0.717) is 34.8 Å². The fourth-order valence-electron chi connectivity index (χ4n) is 1.94. The van der Waals surface area contributed by atoms with Crippen LogP contribution in [0, 0.1) is 12.7 Å². The summed E-state index contributed by atoms with van der Waals surface area (Å²) < 4.78 is 18.8. The second-order valence-electron chi connectivity index (χ2n) is 4.96. The molecule has 0 saturated heterocycles. The van der Waals surface area contributed by atoms with Crippen molar-refractivity contribution in [2.45, 2.75) is 25.7 Å². The van der Waals surface area contributed by atoms with Gasteiger partial charge < -0.3 is 10.2 Å². The summed E-state index contributed by atoms with van der Waals surface area (Å²) in [6, 6.07) is 3.94. The van der Waals surface area contributed by atoms with Crippen LogP contribution in [0.1, 0.15) is 30.1 Å². The summed E-state index contributed by atoms with van der Waals surface area (Å²) in [7, 11) is 0. The van der Waals surface area contributed by atoms with Gasteiger partial charge in [-0.2, -0.15) is 4.98 Å². The van der Waals surface area contributed by atoms with Gasteiger partial charge in [0.15, 0.2) is 5.82 Å². The zero-order chi connectivity index (χ0) is 15.0. The number of nitrogens with zero attached hydrogens (tertiary/aromatic N) is 2. The van der Waals surface area contributed by atoms with E-state index in [1.54, 1.807) is 6.92 Å². The Morgan fingerprint density at radius 1 is 1.38 bits per heavy atom. The van der Waals surface area contributed by atoms with Gasteiger partial charge in [-0.05, 0) is 38.0 Å². The highest BCUT2D eigenvalue weighted by molar-refractivity contribution is 6.32. The largest absolute Gasteiger partial charge is 0.437 e. The molecule has 1 saturated carbocycles. The monoisotopic (exact) mass is 308 g/mol. The van der Waals surface area contributed by atoms with Crippen molar-refractivity contribution in [3.8, 4) is 11.6 Å². The first kappa shape index (κ1) is 14.0. The topological polar surface area (TPSA) is 73.1 Å². The van der Waals surface area contributed by atoms with Crippen LogP contribution < -0.4 is 16.0 Å². The lowest BCUT2D eigenvalue weighted by Crippen LogP contribution is -2.13. The van der Waals surface area contributed by atoms with Crippen LogP contribution >= 0.6 is 11.6 Å². The molecule has 0 aliphatic heterocycles. The van der Waals surface area contributed by atoms with Gasteiger partial charge in [0, 0.05) is 5.92 Å². The number of nitrogens with two attached hydrogens (primary N) is 1. The van der Waals surface area contributed by atoms with Crippen LogP contribution in [0.15, 0.2) is 18.2 Å². The van der Waals surface area contributed by atoms with Gasteiger partial charge in [-0.25, -0.2) is 15.2 Å². The van der Waals surface area contributed by atoms with Gasteiger partial charge in [-0.15, -0.1) is 0 Å². The lowest BCUT2D eigenvalue weighted by Gasteiger charge is -2.13. The summed E-state index contributed by atoms with van der Waals surface area (Å²) in [5, 5.41) is 0.184. The molecular formula is C14H14ClFN4O. The molecule has 1 aliphatic rings. The molecule has 5 nitrogen and oxygen atoms in total. The third-order valence-corrected chi connectivity index (χ3v) is 3.59. The molecule has 0 unspecified atom stereocenters. The highest BCUT2D eigenvalue weighted by Gasteiger charge is 2.28. The van der Waals surface area contributed by atoms with Crippen LogP contribution in [0.3, 0.4) is 0 Å². The lowest BCUT2D eigenvalue weighted by molar-refractivity contribution is 0.453. The maximum atomic E-state index is 13.1. The van der Waals surface area contributed by atoms with Crippen LogP contribution in [0.4, 0.5) is 10.2 Å². The van der Waals surface area contributed by atoms with E-state index >= 15 is 0 Å². The fraction of sp³-hybridized carbons (Fsp3) is 0.286. The van der Waals surface area contributed by atoms with Crippen LogP contribution in [0.2, 0.25) is 5.02 Å². The van der Waals surface area contributed by atoms with Gasteiger partial charge >= 0.3 is 0 Å². The van der Waals surface area contributed by atoms with Gasteiger partial charge in [0.1, 0.15) is 17.4 Å². The number of ether oxygens (including phenoxy) is 1. The minimum absolute atomic E-state index is 0.184. The number of benzene rings is 1. The number of nitrogen functional groups attached to an aromatic ring is 1. The first-order valence-corrected chi connectivity index (χ1v) is 6.94. The van der Waals surface area contributed by atoms with E-state index in [4.69, 9.17) is 22.2 Å². The SMILES string of the molecule is Cc1c(NN)nc(C2CC2)nc1Oc1ccc(F)cc1Cl. The van der Waals surface area contributed by atoms with Crippen molar-refractivity contribution in [2.75, 3.05) is 5.43 Å². The third-order valence-electron chi connectivity index (χ3n) is 3.30. The molecule has 1 aromatic heterocycles. The van der Waals surface area contributed by atoms with E-state index in [0.717, 1.165) is 12.8 Å². The first-order valence-electron chi connectivity index (χ1n) is 6.56. The predicted octanol–water partition coefficient (Wildman–Crippen LogP) is 3.53. The Morgan fingerprint density at radius 2 is 2.14 bits per heavy atom. The summed E-state index contributed by atoms with van der Waals surface area (Å²) in [6.07, 6.45) is 2.12. The second-order valence-corrected chi connectivity index (χ2v) is 5.36. The molecule has 1 fully saturated rings. The summed E-state index contributed by atoms with van der Waals surface area (Å²) >= 11 is 5.97. The highest BCUT2D eigenvalue weighted by atomic mass is 35.5. The quantitative estimate of drug-likeness (QED) is 0.667. The van der Waals surface area contributed by atoms with E-state index in [1.165, 1.54) is 18.2 Å². The Morgan fingerprint density at radius 3 is 2.76 bits per heavy atom. The molecule has 2 aromatic rings.